The molecule has 3 aromatic rings. The molecule has 0 saturated heterocycles. The van der Waals surface area contributed by atoms with E-state index >= 15 is 0 Å². The largest absolute Gasteiger partial charge is 0.356 e. The monoisotopic (exact) mass is 323 g/mol. The summed E-state index contributed by atoms with van der Waals surface area (Å²) in [5.41, 5.74) is 1.79. The zero-order valence-electron chi connectivity index (χ0n) is 11.5. The van der Waals surface area contributed by atoms with E-state index in [-0.39, 0.29) is 5.75 Å². The molecule has 2 aromatic heterocycles. The Morgan fingerprint density at radius 3 is 2.76 bits per heavy atom. The Kier molecular flexibility index (Phi) is 3.42. The third kappa shape index (κ3) is 2.91. The summed E-state index contributed by atoms with van der Waals surface area (Å²) in [6.45, 7) is 3.74. The molecule has 1 aromatic carbocycles. The second kappa shape index (κ2) is 5.12. The molecule has 1 N–H and O–H groups in total. The molecule has 0 atom stereocenters. The van der Waals surface area contributed by atoms with E-state index in [0.717, 1.165) is 10.6 Å². The second-order valence-electron chi connectivity index (χ2n) is 4.65. The molecule has 0 saturated carbocycles. The van der Waals surface area contributed by atoms with Crippen LogP contribution in [-0.4, -0.2) is 18.6 Å². The fraction of sp³-hybridized carbons (Fsp3) is 0.231. The van der Waals surface area contributed by atoms with Crippen molar-refractivity contribution in [2.24, 2.45) is 0 Å². The van der Waals surface area contributed by atoms with E-state index in [0.29, 0.717) is 21.8 Å². The highest BCUT2D eigenvalue weighted by molar-refractivity contribution is 7.92. The average Bonchev–Trinajstić information content (AvgIpc) is 2.94. The van der Waals surface area contributed by atoms with E-state index < -0.39 is 10.0 Å². The second-order valence-corrected chi connectivity index (χ2v) is 7.57. The van der Waals surface area contributed by atoms with Gasteiger partial charge in [-0.2, -0.15) is 0 Å². The van der Waals surface area contributed by atoms with Crippen LogP contribution >= 0.6 is 11.3 Å². The maximum Gasteiger partial charge on any atom is 0.240 e. The molecule has 0 spiro atoms. The van der Waals surface area contributed by atoms with Crippen LogP contribution < -0.4 is 4.72 Å². The molecule has 21 heavy (non-hydrogen) atoms. The lowest BCUT2D eigenvalue weighted by Gasteiger charge is -2.02. The van der Waals surface area contributed by atoms with Crippen LogP contribution in [0.25, 0.3) is 11.0 Å². The van der Waals surface area contributed by atoms with Crippen molar-refractivity contribution in [1.29, 1.82) is 0 Å². The molecule has 0 aliphatic rings. The van der Waals surface area contributed by atoms with Gasteiger partial charge in [-0.25, -0.2) is 13.4 Å². The summed E-state index contributed by atoms with van der Waals surface area (Å²) in [6, 6.07) is 7.16. The van der Waals surface area contributed by atoms with E-state index in [9.17, 15) is 8.42 Å². The van der Waals surface area contributed by atoms with Gasteiger partial charge in [-0.05, 0) is 26.0 Å². The molecule has 3 rings (SSSR count). The topological polar surface area (TPSA) is 85.1 Å². The summed E-state index contributed by atoms with van der Waals surface area (Å²) in [5, 5.41) is 4.91. The zero-order chi connectivity index (χ0) is 15.0. The van der Waals surface area contributed by atoms with Crippen molar-refractivity contribution < 1.29 is 12.9 Å². The van der Waals surface area contributed by atoms with Gasteiger partial charge in [-0.3, -0.25) is 4.72 Å². The van der Waals surface area contributed by atoms with Gasteiger partial charge in [-0.15, -0.1) is 11.3 Å². The van der Waals surface area contributed by atoms with E-state index in [1.807, 2.05) is 26.0 Å². The number of nitrogens with zero attached hydrogens (tertiary/aromatic N) is 2. The Hall–Kier alpha value is -1.93. The number of aryl methyl sites for hydroxylation is 2. The van der Waals surface area contributed by atoms with Gasteiger partial charge in [-0.1, -0.05) is 17.3 Å². The maximum absolute atomic E-state index is 12.2. The van der Waals surface area contributed by atoms with Crippen molar-refractivity contribution >= 4 is 37.5 Å². The molecule has 2 heterocycles. The number of nitrogens with one attached hydrogen (secondary N) is 1. The summed E-state index contributed by atoms with van der Waals surface area (Å²) >= 11 is 1.31. The number of fused-ring (bicyclic) bond motifs is 1. The van der Waals surface area contributed by atoms with Gasteiger partial charge in [0.15, 0.2) is 10.7 Å². The first-order chi connectivity index (χ1) is 9.94. The molecule has 0 aliphatic heterocycles. The predicted octanol–water partition coefficient (Wildman–Crippen LogP) is 2.84. The standard InChI is InChI=1S/C13H13N3O3S2/c1-8-9(2)20-13(14-8)16-21(17,18)7-11-10-5-3-4-6-12(10)19-15-11/h3-6H,7H2,1-2H3,(H,14,16). The van der Waals surface area contributed by atoms with Gasteiger partial charge in [0.1, 0.15) is 11.4 Å². The normalized spacial score (nSPS) is 11.9. The maximum atomic E-state index is 12.2. The summed E-state index contributed by atoms with van der Waals surface area (Å²) < 4.78 is 32.0. The van der Waals surface area contributed by atoms with Crippen LogP contribution in [0.15, 0.2) is 28.8 Å². The first-order valence-corrected chi connectivity index (χ1v) is 8.69. The zero-order valence-corrected chi connectivity index (χ0v) is 13.1. The first kappa shape index (κ1) is 14.0. The molecular weight excluding hydrogens is 310 g/mol. The molecule has 6 nitrogen and oxygen atoms in total. The minimum Gasteiger partial charge on any atom is -0.356 e. The number of hydrogen-bond acceptors (Lipinski definition) is 6. The Balaban J connectivity index is 1.86. The predicted molar refractivity (Wildman–Crippen MR) is 81.8 cm³/mol. The third-order valence-corrected chi connectivity index (χ3v) is 5.33. The third-order valence-electron chi connectivity index (χ3n) is 3.05. The number of benzene rings is 1. The van der Waals surface area contributed by atoms with Crippen molar-refractivity contribution in [3.05, 3.63) is 40.5 Å². The Morgan fingerprint density at radius 1 is 1.29 bits per heavy atom. The highest BCUT2D eigenvalue weighted by Crippen LogP contribution is 2.24. The smallest absolute Gasteiger partial charge is 0.240 e. The molecule has 0 unspecified atom stereocenters. The van der Waals surface area contributed by atoms with Crippen LogP contribution in [0, 0.1) is 13.8 Å². The molecule has 110 valence electrons. The fourth-order valence-corrected chi connectivity index (χ4v) is 4.07. The number of thiazole rings is 1. The van der Waals surface area contributed by atoms with E-state index in [1.54, 1.807) is 12.1 Å². The van der Waals surface area contributed by atoms with Gasteiger partial charge in [0.25, 0.3) is 0 Å². The van der Waals surface area contributed by atoms with Crippen molar-refractivity contribution in [2.75, 3.05) is 4.72 Å². The number of hydrogen-bond donors (Lipinski definition) is 1. The van der Waals surface area contributed by atoms with Crippen molar-refractivity contribution in [3.8, 4) is 0 Å². The van der Waals surface area contributed by atoms with Gasteiger partial charge in [0, 0.05) is 10.3 Å². The average molecular weight is 323 g/mol. The fourth-order valence-electron chi connectivity index (χ4n) is 1.91. The number of para-hydroxylation sites is 1. The molecule has 0 aliphatic carbocycles. The molecule has 0 bridgehead atoms. The van der Waals surface area contributed by atoms with Crippen LogP contribution in [0.1, 0.15) is 16.3 Å². The molecule has 0 amide bonds. The number of anilines is 1. The summed E-state index contributed by atoms with van der Waals surface area (Å²) in [5.74, 6) is -0.248. The molecular formula is C13H13N3O3S2. The van der Waals surface area contributed by atoms with Crippen LogP contribution in [0.4, 0.5) is 5.13 Å². The Labute approximate surface area is 125 Å². The molecule has 8 heteroatoms. The lowest BCUT2D eigenvalue weighted by Crippen LogP contribution is -2.15. The molecule has 0 fully saturated rings. The van der Waals surface area contributed by atoms with E-state index in [4.69, 9.17) is 4.52 Å². The molecule has 0 radical (unpaired) electrons. The minimum absolute atomic E-state index is 0.248. The van der Waals surface area contributed by atoms with E-state index in [1.165, 1.54) is 11.3 Å². The Bertz CT molecular complexity index is 877. The van der Waals surface area contributed by atoms with Crippen LogP contribution in [0.5, 0.6) is 0 Å². The summed E-state index contributed by atoms with van der Waals surface area (Å²) in [6.07, 6.45) is 0. The Morgan fingerprint density at radius 2 is 2.05 bits per heavy atom. The van der Waals surface area contributed by atoms with Gasteiger partial charge >= 0.3 is 0 Å². The van der Waals surface area contributed by atoms with Crippen LogP contribution in [-0.2, 0) is 15.8 Å². The first-order valence-electron chi connectivity index (χ1n) is 6.22. The van der Waals surface area contributed by atoms with Gasteiger partial charge in [0.2, 0.25) is 10.0 Å². The quantitative estimate of drug-likeness (QED) is 0.798. The van der Waals surface area contributed by atoms with Gasteiger partial charge in [0.05, 0.1) is 5.69 Å². The van der Waals surface area contributed by atoms with Crippen LogP contribution in [0.2, 0.25) is 0 Å². The van der Waals surface area contributed by atoms with Crippen LogP contribution in [0.3, 0.4) is 0 Å². The lowest BCUT2D eigenvalue weighted by atomic mass is 10.2. The number of rotatable bonds is 4. The number of sulfonamides is 1. The lowest BCUT2D eigenvalue weighted by molar-refractivity contribution is 0.448. The summed E-state index contributed by atoms with van der Waals surface area (Å²) in [7, 11) is -3.58. The van der Waals surface area contributed by atoms with Gasteiger partial charge < -0.3 is 4.52 Å². The number of aromatic nitrogens is 2. The van der Waals surface area contributed by atoms with Crippen molar-refractivity contribution in [3.63, 3.8) is 0 Å². The van der Waals surface area contributed by atoms with Crippen molar-refractivity contribution in [1.82, 2.24) is 10.1 Å². The highest BCUT2D eigenvalue weighted by atomic mass is 32.2. The SMILES string of the molecule is Cc1nc(NS(=O)(=O)Cc2noc3ccccc23)sc1C. The highest BCUT2D eigenvalue weighted by Gasteiger charge is 2.19. The van der Waals surface area contributed by atoms with E-state index in [2.05, 4.69) is 14.9 Å². The summed E-state index contributed by atoms with van der Waals surface area (Å²) in [4.78, 5) is 5.16. The minimum atomic E-state index is -3.58. The van der Waals surface area contributed by atoms with Crippen molar-refractivity contribution in [2.45, 2.75) is 19.6 Å².